The Morgan fingerprint density at radius 2 is 1.83 bits per heavy atom. The van der Waals surface area contributed by atoms with Crippen molar-refractivity contribution in [3.05, 3.63) is 59.4 Å². The summed E-state index contributed by atoms with van der Waals surface area (Å²) in [5.74, 6) is 1.81. The van der Waals surface area contributed by atoms with E-state index in [2.05, 4.69) is 10.2 Å². The van der Waals surface area contributed by atoms with Crippen LogP contribution in [0.5, 0.6) is 11.5 Å². The fourth-order valence-electron chi connectivity index (χ4n) is 2.93. The highest BCUT2D eigenvalue weighted by atomic mass is 35.5. The maximum Gasteiger partial charge on any atom is 0.263 e. The number of hydrogen-bond acceptors (Lipinski definition) is 6. The molecule has 0 fully saturated rings. The van der Waals surface area contributed by atoms with Crippen molar-refractivity contribution in [3.63, 3.8) is 0 Å². The minimum atomic E-state index is -0.670. The molecule has 8 heteroatoms. The van der Waals surface area contributed by atoms with Crippen LogP contribution >= 0.6 is 11.6 Å². The molecular formula is C22H24ClN3O4. The predicted molar refractivity (Wildman–Crippen MR) is 114 cm³/mol. The average Bonchev–Trinajstić information content (AvgIpc) is 3.22. The van der Waals surface area contributed by atoms with Gasteiger partial charge in [-0.2, -0.15) is 0 Å². The van der Waals surface area contributed by atoms with E-state index < -0.39 is 6.10 Å². The summed E-state index contributed by atoms with van der Waals surface area (Å²) in [4.78, 5) is 14.6. The van der Waals surface area contributed by atoms with Gasteiger partial charge in [-0.05, 0) is 49.7 Å². The van der Waals surface area contributed by atoms with E-state index >= 15 is 0 Å². The molecule has 7 nitrogen and oxygen atoms in total. The third-order valence-corrected chi connectivity index (χ3v) is 4.75. The molecule has 0 aliphatic heterocycles. The molecule has 0 spiro atoms. The van der Waals surface area contributed by atoms with Crippen LogP contribution < -0.4 is 9.47 Å². The largest absolute Gasteiger partial charge is 0.497 e. The number of halogens is 1. The monoisotopic (exact) mass is 429 g/mol. The van der Waals surface area contributed by atoms with Crippen molar-refractivity contribution >= 4 is 17.5 Å². The fourth-order valence-corrected chi connectivity index (χ4v) is 3.14. The molecule has 3 rings (SSSR count). The lowest BCUT2D eigenvalue weighted by atomic mass is 10.2. The standard InChI is InChI=1S/C22H24ClN3O4/c1-4-13-26(22(27)15(2)29-17-11-9-16(28-3)10-12-17)14-20-24-25-21(30-20)18-7-5-6-8-19(18)23/h5-12,15H,4,13-14H2,1-3H3. The second-order valence-corrected chi connectivity index (χ2v) is 7.08. The molecule has 1 unspecified atom stereocenters. The molecule has 0 N–H and O–H groups in total. The van der Waals surface area contributed by atoms with E-state index in [1.165, 1.54) is 0 Å². The number of ether oxygens (including phenoxy) is 2. The van der Waals surface area contributed by atoms with Gasteiger partial charge in [0.15, 0.2) is 6.10 Å². The Bertz CT molecular complexity index is 975. The molecule has 0 saturated carbocycles. The lowest BCUT2D eigenvalue weighted by Crippen LogP contribution is -2.40. The Balaban J connectivity index is 1.68. The topological polar surface area (TPSA) is 77.7 Å². The van der Waals surface area contributed by atoms with E-state index in [-0.39, 0.29) is 12.5 Å². The molecular weight excluding hydrogens is 406 g/mol. The lowest BCUT2D eigenvalue weighted by molar-refractivity contribution is -0.139. The summed E-state index contributed by atoms with van der Waals surface area (Å²) < 4.78 is 16.7. The van der Waals surface area contributed by atoms with Crippen molar-refractivity contribution in [1.82, 2.24) is 15.1 Å². The highest BCUT2D eigenvalue weighted by Gasteiger charge is 2.24. The lowest BCUT2D eigenvalue weighted by Gasteiger charge is -2.24. The van der Waals surface area contributed by atoms with Crippen LogP contribution in [0.4, 0.5) is 0 Å². The highest BCUT2D eigenvalue weighted by Crippen LogP contribution is 2.26. The maximum absolute atomic E-state index is 13.0. The van der Waals surface area contributed by atoms with Gasteiger partial charge in [0.25, 0.3) is 5.91 Å². The van der Waals surface area contributed by atoms with Gasteiger partial charge in [-0.3, -0.25) is 4.79 Å². The van der Waals surface area contributed by atoms with Crippen LogP contribution in [-0.2, 0) is 11.3 Å². The predicted octanol–water partition coefficient (Wildman–Crippen LogP) is 4.60. The smallest absolute Gasteiger partial charge is 0.263 e. The molecule has 2 aromatic carbocycles. The molecule has 0 aliphatic rings. The zero-order valence-electron chi connectivity index (χ0n) is 17.2. The Morgan fingerprint density at radius 3 is 2.50 bits per heavy atom. The number of methoxy groups -OCH3 is 1. The first kappa shape index (κ1) is 21.6. The molecule has 30 heavy (non-hydrogen) atoms. The summed E-state index contributed by atoms with van der Waals surface area (Å²) in [5, 5.41) is 8.67. The Labute approximate surface area is 180 Å². The van der Waals surface area contributed by atoms with Gasteiger partial charge in [-0.15, -0.1) is 10.2 Å². The van der Waals surface area contributed by atoms with E-state index in [9.17, 15) is 4.79 Å². The maximum atomic E-state index is 13.0. The minimum absolute atomic E-state index is 0.162. The Morgan fingerprint density at radius 1 is 1.13 bits per heavy atom. The first-order chi connectivity index (χ1) is 14.5. The van der Waals surface area contributed by atoms with Crippen LogP contribution in [0.3, 0.4) is 0 Å². The van der Waals surface area contributed by atoms with Gasteiger partial charge < -0.3 is 18.8 Å². The number of amides is 1. The van der Waals surface area contributed by atoms with Gasteiger partial charge in [0, 0.05) is 6.54 Å². The van der Waals surface area contributed by atoms with Crippen molar-refractivity contribution in [2.24, 2.45) is 0 Å². The molecule has 1 amide bonds. The number of carbonyl (C=O) groups excluding carboxylic acids is 1. The van der Waals surface area contributed by atoms with Crippen LogP contribution in [-0.4, -0.2) is 40.8 Å². The minimum Gasteiger partial charge on any atom is -0.497 e. The fraction of sp³-hybridized carbons (Fsp3) is 0.318. The zero-order chi connectivity index (χ0) is 21.5. The molecule has 1 aromatic heterocycles. The summed E-state index contributed by atoms with van der Waals surface area (Å²) in [5.41, 5.74) is 0.655. The van der Waals surface area contributed by atoms with E-state index in [1.807, 2.05) is 19.1 Å². The molecule has 0 bridgehead atoms. The number of rotatable bonds is 9. The SMILES string of the molecule is CCCN(Cc1nnc(-c2ccccc2Cl)o1)C(=O)C(C)Oc1ccc(OC)cc1. The molecule has 0 radical (unpaired) electrons. The third kappa shape index (κ3) is 5.30. The number of nitrogens with zero attached hydrogens (tertiary/aromatic N) is 3. The Kier molecular flexibility index (Phi) is 7.30. The normalized spacial score (nSPS) is 11.7. The van der Waals surface area contributed by atoms with Gasteiger partial charge in [-0.1, -0.05) is 30.7 Å². The zero-order valence-corrected chi connectivity index (χ0v) is 17.9. The van der Waals surface area contributed by atoms with Gasteiger partial charge in [0.2, 0.25) is 11.8 Å². The van der Waals surface area contributed by atoms with Crippen LogP contribution in [0.25, 0.3) is 11.5 Å². The van der Waals surface area contributed by atoms with E-state index in [1.54, 1.807) is 55.3 Å². The van der Waals surface area contributed by atoms with Crippen LogP contribution in [0.2, 0.25) is 5.02 Å². The molecule has 158 valence electrons. The quantitative estimate of drug-likeness (QED) is 0.494. The van der Waals surface area contributed by atoms with Crippen molar-refractivity contribution in [2.75, 3.05) is 13.7 Å². The molecule has 0 aliphatic carbocycles. The molecule has 1 heterocycles. The van der Waals surface area contributed by atoms with Crippen LogP contribution in [0.1, 0.15) is 26.2 Å². The average molecular weight is 430 g/mol. The number of carbonyl (C=O) groups is 1. The summed E-state index contributed by atoms with van der Waals surface area (Å²) in [6.07, 6.45) is 0.114. The van der Waals surface area contributed by atoms with Crippen molar-refractivity contribution in [3.8, 4) is 23.0 Å². The van der Waals surface area contributed by atoms with Gasteiger partial charge in [0.05, 0.1) is 24.2 Å². The summed E-state index contributed by atoms with van der Waals surface area (Å²) in [6.45, 7) is 4.45. The van der Waals surface area contributed by atoms with Gasteiger partial charge >= 0.3 is 0 Å². The first-order valence-corrected chi connectivity index (χ1v) is 10.1. The van der Waals surface area contributed by atoms with Crippen LogP contribution in [0, 0.1) is 0 Å². The molecule has 0 saturated heterocycles. The number of hydrogen-bond donors (Lipinski definition) is 0. The molecule has 3 aromatic rings. The van der Waals surface area contributed by atoms with Crippen molar-refractivity contribution in [2.45, 2.75) is 32.9 Å². The van der Waals surface area contributed by atoms with E-state index in [4.69, 9.17) is 25.5 Å². The van der Waals surface area contributed by atoms with Gasteiger partial charge in [-0.25, -0.2) is 0 Å². The Hall–Kier alpha value is -3.06. The van der Waals surface area contributed by atoms with E-state index in [0.717, 1.165) is 12.2 Å². The van der Waals surface area contributed by atoms with Gasteiger partial charge in [0.1, 0.15) is 11.5 Å². The van der Waals surface area contributed by atoms with Crippen LogP contribution in [0.15, 0.2) is 52.9 Å². The number of benzene rings is 2. The van der Waals surface area contributed by atoms with E-state index in [0.29, 0.717) is 34.7 Å². The highest BCUT2D eigenvalue weighted by molar-refractivity contribution is 6.33. The second-order valence-electron chi connectivity index (χ2n) is 6.68. The number of aromatic nitrogens is 2. The summed E-state index contributed by atoms with van der Waals surface area (Å²) >= 11 is 6.19. The molecule has 1 atom stereocenters. The summed E-state index contributed by atoms with van der Waals surface area (Å²) in [6, 6.07) is 14.3. The van der Waals surface area contributed by atoms with Crippen molar-refractivity contribution < 1.29 is 18.7 Å². The van der Waals surface area contributed by atoms with Crippen molar-refractivity contribution in [1.29, 1.82) is 0 Å². The first-order valence-electron chi connectivity index (χ1n) is 9.68. The second kappa shape index (κ2) is 10.1. The third-order valence-electron chi connectivity index (χ3n) is 4.42. The summed E-state index contributed by atoms with van der Waals surface area (Å²) in [7, 11) is 1.60.